The van der Waals surface area contributed by atoms with E-state index in [1.54, 1.807) is 85.6 Å². The largest absolute Gasteiger partial charge is 0.334 e. The van der Waals surface area contributed by atoms with Crippen LogP contribution in [-0.2, 0) is 5.41 Å². The van der Waals surface area contributed by atoms with Gasteiger partial charge < -0.3 is 10.6 Å². The van der Waals surface area contributed by atoms with Crippen molar-refractivity contribution in [2.75, 3.05) is 0 Å². The molecule has 0 spiro atoms. The second-order valence-electron chi connectivity index (χ2n) is 16.2. The lowest BCUT2D eigenvalue weighted by molar-refractivity contribution is 0.0920. The Morgan fingerprint density at radius 1 is 0.661 bits per heavy atom. The summed E-state index contributed by atoms with van der Waals surface area (Å²) in [5.74, 6) is 0.299. The number of amides is 2. The molecule has 0 saturated heterocycles. The lowest BCUT2D eigenvalue weighted by Gasteiger charge is -2.20. The summed E-state index contributed by atoms with van der Waals surface area (Å²) < 4.78 is 16.6. The molecule has 302 valence electrons. The van der Waals surface area contributed by atoms with E-state index in [1.165, 1.54) is 12.1 Å². The van der Waals surface area contributed by atoms with Crippen LogP contribution in [0.3, 0.4) is 0 Å². The quantitative estimate of drug-likeness (QED) is 0.145. The second kappa shape index (κ2) is 17.3. The minimum Gasteiger partial charge on any atom is -0.334 e. The van der Waals surface area contributed by atoms with Crippen molar-refractivity contribution in [2.45, 2.75) is 84.7 Å². The highest BCUT2D eigenvalue weighted by molar-refractivity contribution is 6.30. The van der Waals surface area contributed by atoms with Gasteiger partial charge in [0.15, 0.2) is 11.6 Å². The smallest absolute Gasteiger partial charge is 0.252 e. The number of aromatic nitrogens is 8. The highest BCUT2D eigenvalue weighted by atomic mass is 35.5. The number of tetrazole rings is 2. The van der Waals surface area contributed by atoms with Gasteiger partial charge >= 0.3 is 0 Å². The number of carbonyl (C=O) groups excluding carboxylic acids is 2. The van der Waals surface area contributed by atoms with Crippen molar-refractivity contribution in [1.82, 2.24) is 51.0 Å². The summed E-state index contributed by atoms with van der Waals surface area (Å²) >= 11 is 6.01. The van der Waals surface area contributed by atoms with Crippen LogP contribution in [0.1, 0.15) is 101 Å². The van der Waals surface area contributed by atoms with Gasteiger partial charge in [0.25, 0.3) is 11.8 Å². The maximum Gasteiger partial charge on any atom is 0.252 e. The van der Waals surface area contributed by atoms with E-state index in [4.69, 9.17) is 11.6 Å². The Kier molecular flexibility index (Phi) is 12.7. The summed E-state index contributed by atoms with van der Waals surface area (Å²) in [6.45, 7) is 16.5. The zero-order valence-corrected chi connectivity index (χ0v) is 35.0. The summed E-state index contributed by atoms with van der Waals surface area (Å²) in [6, 6.07) is 28.1. The highest BCUT2D eigenvalue weighted by Crippen LogP contribution is 2.29. The first-order chi connectivity index (χ1) is 27.7. The predicted molar refractivity (Wildman–Crippen MR) is 221 cm³/mol. The molecule has 0 saturated carbocycles. The lowest BCUT2D eigenvalue weighted by Crippen LogP contribution is -2.42. The van der Waals surface area contributed by atoms with E-state index in [2.05, 4.69) is 53.8 Å². The van der Waals surface area contributed by atoms with Gasteiger partial charge in [0.05, 0.1) is 23.5 Å². The third kappa shape index (κ3) is 10.8. The number of nitriles is 2. The SMILES string of the molecule is CC(C)(C#N)NC(=O)c1cc(-c2ccc(F)cc2)cc(-n2nnnc2C(C)(C)C)c1.CC(C)c1nnnn1-c1cc(C(=O)NC(C)(C)C#N)cc(-c2ccc(Cl)cc2)c1. The summed E-state index contributed by atoms with van der Waals surface area (Å²) in [5.41, 5.74) is 2.76. The first-order valence-electron chi connectivity index (χ1n) is 18.6. The van der Waals surface area contributed by atoms with Crippen LogP contribution in [0.25, 0.3) is 33.6 Å². The van der Waals surface area contributed by atoms with E-state index in [1.807, 2.05) is 58.9 Å². The molecule has 0 bridgehead atoms. The fourth-order valence-corrected chi connectivity index (χ4v) is 5.81. The molecule has 0 aliphatic rings. The Morgan fingerprint density at radius 2 is 1.10 bits per heavy atom. The Morgan fingerprint density at radius 3 is 1.56 bits per heavy atom. The molecule has 2 heterocycles. The van der Waals surface area contributed by atoms with Crippen molar-refractivity contribution in [1.29, 1.82) is 10.5 Å². The van der Waals surface area contributed by atoms with Gasteiger partial charge in [-0.15, -0.1) is 10.2 Å². The van der Waals surface area contributed by atoms with Crippen molar-refractivity contribution in [3.8, 4) is 45.8 Å². The monoisotopic (exact) mass is 814 g/mol. The zero-order chi connectivity index (χ0) is 43.3. The molecule has 2 aromatic heterocycles. The third-order valence-electron chi connectivity index (χ3n) is 8.77. The number of carbonyl (C=O) groups is 2. The van der Waals surface area contributed by atoms with E-state index in [9.17, 15) is 24.5 Å². The van der Waals surface area contributed by atoms with Gasteiger partial charge in [-0.05, 0) is 131 Å². The molecule has 16 heteroatoms. The maximum atomic E-state index is 13.4. The molecule has 0 radical (unpaired) electrons. The van der Waals surface area contributed by atoms with E-state index in [0.29, 0.717) is 44.7 Å². The molecule has 0 aliphatic heterocycles. The average Bonchev–Trinajstić information content (AvgIpc) is 3.90. The highest BCUT2D eigenvalue weighted by Gasteiger charge is 2.26. The van der Waals surface area contributed by atoms with Crippen LogP contribution in [0.5, 0.6) is 0 Å². The molecule has 2 amide bonds. The Bertz CT molecular complexity index is 2560. The van der Waals surface area contributed by atoms with Gasteiger partial charge in [-0.2, -0.15) is 19.9 Å². The van der Waals surface area contributed by atoms with Gasteiger partial charge in [-0.25, -0.2) is 4.39 Å². The first-order valence-corrected chi connectivity index (χ1v) is 19.0. The molecule has 0 unspecified atom stereocenters. The standard InChI is InChI=1S/C22H23FN6O.C21H21ClN6O/c1-21(2,3)20-26-27-28-29(20)18-11-15(14-6-8-17(23)9-7-14)10-16(12-18)19(30)25-22(4,5)13-24;1-13(2)19-25-26-27-28(19)18-10-15(14-5-7-17(22)8-6-14)9-16(11-18)20(29)24-21(3,4)12-23/h6-12H,1-5H3,(H,25,30);5-11,13H,1-4H3,(H,24,29). The molecule has 0 fully saturated rings. The molecule has 0 aliphatic carbocycles. The van der Waals surface area contributed by atoms with Crippen LogP contribution < -0.4 is 10.6 Å². The predicted octanol–water partition coefficient (Wildman–Crippen LogP) is 7.94. The molecule has 14 nitrogen and oxygen atoms in total. The van der Waals surface area contributed by atoms with E-state index in [-0.39, 0.29) is 23.1 Å². The Labute approximate surface area is 347 Å². The van der Waals surface area contributed by atoms with Gasteiger partial charge in [0.2, 0.25) is 0 Å². The summed E-state index contributed by atoms with van der Waals surface area (Å²) in [7, 11) is 0. The van der Waals surface area contributed by atoms with Crippen molar-refractivity contribution in [3.05, 3.63) is 119 Å². The van der Waals surface area contributed by atoms with E-state index in [0.717, 1.165) is 16.7 Å². The van der Waals surface area contributed by atoms with Crippen LogP contribution in [0, 0.1) is 28.5 Å². The molecule has 4 aromatic carbocycles. The number of hydrogen-bond donors (Lipinski definition) is 2. The average molecular weight is 815 g/mol. The number of halogens is 2. The Balaban J connectivity index is 0.000000224. The van der Waals surface area contributed by atoms with Crippen molar-refractivity contribution < 1.29 is 14.0 Å². The first kappa shape index (κ1) is 43.3. The van der Waals surface area contributed by atoms with Crippen molar-refractivity contribution >= 4 is 23.4 Å². The van der Waals surface area contributed by atoms with Crippen LogP contribution >= 0.6 is 11.6 Å². The molecule has 59 heavy (non-hydrogen) atoms. The normalized spacial score (nSPS) is 11.6. The summed E-state index contributed by atoms with van der Waals surface area (Å²) in [6.07, 6.45) is 0. The van der Waals surface area contributed by atoms with E-state index < -0.39 is 17.0 Å². The van der Waals surface area contributed by atoms with E-state index >= 15 is 0 Å². The van der Waals surface area contributed by atoms with Crippen LogP contribution in [-0.4, -0.2) is 63.3 Å². The number of nitrogens with one attached hydrogen (secondary N) is 2. The van der Waals surface area contributed by atoms with Gasteiger partial charge in [-0.3, -0.25) is 9.59 Å². The minimum atomic E-state index is -1.03. The number of benzene rings is 4. The number of hydrogen-bond acceptors (Lipinski definition) is 10. The lowest BCUT2D eigenvalue weighted by atomic mass is 9.95. The molecular formula is C43H44ClFN12O2. The summed E-state index contributed by atoms with van der Waals surface area (Å²) in [5, 5.41) is 48.6. The van der Waals surface area contributed by atoms with Crippen LogP contribution in [0.4, 0.5) is 4.39 Å². The maximum absolute atomic E-state index is 13.4. The fourth-order valence-electron chi connectivity index (χ4n) is 5.68. The Hall–Kier alpha value is -6.84. The molecule has 6 aromatic rings. The zero-order valence-electron chi connectivity index (χ0n) is 34.2. The van der Waals surface area contributed by atoms with Crippen molar-refractivity contribution in [3.63, 3.8) is 0 Å². The van der Waals surface area contributed by atoms with Crippen LogP contribution in [0.15, 0.2) is 84.9 Å². The molecule has 6 rings (SSSR count). The number of rotatable bonds is 9. The second-order valence-corrected chi connectivity index (χ2v) is 16.6. The molecule has 2 N–H and O–H groups in total. The van der Waals surface area contributed by atoms with Crippen molar-refractivity contribution in [2.24, 2.45) is 0 Å². The number of nitrogens with zero attached hydrogens (tertiary/aromatic N) is 10. The third-order valence-corrected chi connectivity index (χ3v) is 9.02. The van der Waals surface area contributed by atoms with Gasteiger partial charge in [0, 0.05) is 27.5 Å². The summed E-state index contributed by atoms with van der Waals surface area (Å²) in [4.78, 5) is 25.7. The van der Waals surface area contributed by atoms with Gasteiger partial charge in [-0.1, -0.05) is 70.5 Å². The molecule has 0 atom stereocenters. The van der Waals surface area contributed by atoms with Gasteiger partial charge in [0.1, 0.15) is 16.9 Å². The molecular weight excluding hydrogens is 771 g/mol. The topological polar surface area (TPSA) is 193 Å². The van der Waals surface area contributed by atoms with Crippen LogP contribution in [0.2, 0.25) is 5.02 Å². The minimum absolute atomic E-state index is 0.0963. The fraction of sp³-hybridized carbons (Fsp3) is 0.302.